The number of carbonyl (C=O) groups excluding carboxylic acids is 1. The summed E-state index contributed by atoms with van der Waals surface area (Å²) in [5, 5.41) is 8.31. The van der Waals surface area contributed by atoms with Gasteiger partial charge in [0.25, 0.3) is 10.1 Å². The lowest BCUT2D eigenvalue weighted by Gasteiger charge is -2.16. The summed E-state index contributed by atoms with van der Waals surface area (Å²) in [6, 6.07) is 0. The van der Waals surface area contributed by atoms with Crippen molar-refractivity contribution in [2.75, 3.05) is 11.5 Å². The van der Waals surface area contributed by atoms with Gasteiger partial charge in [-0.1, -0.05) is 0 Å². The second-order valence-electron chi connectivity index (χ2n) is 3.50. The number of thiol groups is 1. The van der Waals surface area contributed by atoms with Crippen molar-refractivity contribution in [1.29, 1.82) is 0 Å². The molecule has 0 radical (unpaired) electrons. The van der Waals surface area contributed by atoms with Gasteiger partial charge in [-0.3, -0.25) is 4.79 Å². The van der Waals surface area contributed by atoms with Crippen LogP contribution >= 0.6 is 0 Å². The molecule has 0 unspecified atom stereocenters. The number of aldehydes is 1. The first-order valence-corrected chi connectivity index (χ1v) is 8.44. The van der Waals surface area contributed by atoms with E-state index in [0.29, 0.717) is 6.29 Å². The van der Waals surface area contributed by atoms with Gasteiger partial charge >= 0.3 is 5.97 Å². The summed E-state index contributed by atoms with van der Waals surface area (Å²) in [6.45, 7) is 0. The molecule has 0 saturated heterocycles. The quantitative estimate of drug-likeness (QED) is 0.281. The molecule has 0 spiro atoms. The third-order valence-corrected chi connectivity index (χ3v) is 5.29. The maximum Gasteiger partial charge on any atom is 0.303 e. The highest BCUT2D eigenvalue weighted by molar-refractivity contribution is 8.03. The Kier molecular flexibility index (Phi) is 7.21. The number of hydrogen-bond donors (Lipinski definition) is 3. The summed E-state index contributed by atoms with van der Waals surface area (Å²) in [4.78, 5) is 20.2. The molecule has 108 valence electrons. The summed E-state index contributed by atoms with van der Waals surface area (Å²) in [6.07, 6.45) is 0.0473. The largest absolute Gasteiger partial charge is 0.481 e. The lowest BCUT2D eigenvalue weighted by molar-refractivity contribution is -0.137. The van der Waals surface area contributed by atoms with Crippen molar-refractivity contribution in [3.8, 4) is 0 Å². The number of carboxylic acid groups (broad SMARTS) is 1. The molecule has 18 heavy (non-hydrogen) atoms. The number of hydrogen-bond acceptors (Lipinski definition) is 6. The van der Waals surface area contributed by atoms with E-state index in [2.05, 4.69) is 3.63 Å². The average Bonchev–Trinajstić information content (AvgIpc) is 2.14. The third-order valence-electron chi connectivity index (χ3n) is 1.78. The first-order chi connectivity index (χ1) is 8.18. The molecule has 0 amide bonds. The van der Waals surface area contributed by atoms with Crippen LogP contribution in [0.1, 0.15) is 25.7 Å². The Bertz CT molecular complexity index is 426. The SMILES string of the molecule is O=CCCC[SH](=O)(O)OS(=O)(=O)CCCC(=O)O. The molecule has 0 aromatic rings. The van der Waals surface area contributed by atoms with Crippen molar-refractivity contribution in [2.24, 2.45) is 0 Å². The van der Waals surface area contributed by atoms with E-state index in [-0.39, 0.29) is 25.7 Å². The lowest BCUT2D eigenvalue weighted by Crippen LogP contribution is -2.25. The number of aliphatic carboxylic acids is 1. The first-order valence-electron chi connectivity index (χ1n) is 5.10. The zero-order chi connectivity index (χ0) is 14.2. The van der Waals surface area contributed by atoms with Gasteiger partial charge in [0, 0.05) is 18.6 Å². The van der Waals surface area contributed by atoms with Crippen LogP contribution in [0, 0.1) is 0 Å². The van der Waals surface area contributed by atoms with Crippen LogP contribution < -0.4 is 0 Å². The molecule has 0 saturated carbocycles. The smallest absolute Gasteiger partial charge is 0.303 e. The fraction of sp³-hybridized carbons (Fsp3) is 0.750. The van der Waals surface area contributed by atoms with Gasteiger partial charge in [0.15, 0.2) is 0 Å². The number of rotatable bonds is 10. The molecular weight excluding hydrogens is 288 g/mol. The molecule has 0 aliphatic heterocycles. The summed E-state index contributed by atoms with van der Waals surface area (Å²) in [7, 11) is -8.54. The fourth-order valence-electron chi connectivity index (χ4n) is 1.03. The molecule has 0 atom stereocenters. The van der Waals surface area contributed by atoms with Crippen molar-refractivity contribution >= 4 is 32.9 Å². The Labute approximate surface area is 106 Å². The van der Waals surface area contributed by atoms with Crippen LogP contribution in [0.2, 0.25) is 0 Å². The van der Waals surface area contributed by atoms with E-state index >= 15 is 0 Å². The Balaban J connectivity index is 4.24. The third kappa shape index (κ3) is 9.22. The van der Waals surface area contributed by atoms with Crippen LogP contribution in [0.5, 0.6) is 0 Å². The van der Waals surface area contributed by atoms with Gasteiger partial charge < -0.3 is 14.5 Å². The lowest BCUT2D eigenvalue weighted by atomic mass is 10.3. The topological polar surface area (TPSA) is 135 Å². The molecule has 0 fully saturated rings. The molecule has 2 N–H and O–H groups in total. The second kappa shape index (κ2) is 7.56. The van der Waals surface area contributed by atoms with Gasteiger partial charge in [-0.25, -0.2) is 4.21 Å². The zero-order valence-electron chi connectivity index (χ0n) is 9.52. The monoisotopic (exact) mass is 304 g/mol. The van der Waals surface area contributed by atoms with Gasteiger partial charge in [-0.15, -0.1) is 0 Å². The molecular formula is C8H16O8S2. The summed E-state index contributed by atoms with van der Waals surface area (Å²) < 4.78 is 47.1. The van der Waals surface area contributed by atoms with E-state index in [4.69, 9.17) is 5.11 Å². The van der Waals surface area contributed by atoms with Crippen LogP contribution in [0.3, 0.4) is 0 Å². The van der Waals surface area contributed by atoms with Crippen LogP contribution in [0.4, 0.5) is 0 Å². The Morgan fingerprint density at radius 1 is 1.33 bits per heavy atom. The van der Waals surface area contributed by atoms with Crippen LogP contribution in [-0.4, -0.2) is 46.0 Å². The molecule has 0 aliphatic rings. The van der Waals surface area contributed by atoms with Gasteiger partial charge in [0.2, 0.25) is 0 Å². The van der Waals surface area contributed by atoms with Gasteiger partial charge in [0.05, 0.1) is 16.2 Å². The Morgan fingerprint density at radius 2 is 1.94 bits per heavy atom. The van der Waals surface area contributed by atoms with Crippen LogP contribution in [0.15, 0.2) is 0 Å². The van der Waals surface area contributed by atoms with Crippen molar-refractivity contribution in [2.45, 2.75) is 25.7 Å². The number of unbranched alkanes of at least 4 members (excludes halogenated alkanes) is 1. The molecule has 0 heterocycles. The highest BCUT2D eigenvalue weighted by atomic mass is 32.3. The summed E-state index contributed by atoms with van der Waals surface area (Å²) in [5.74, 6) is -2.25. The standard InChI is InChI=1S/C8H16O8S2/c9-5-1-2-6-17(12,13)16-18(14,15)7-3-4-8(10)11/h5,17H,1-4,6-7H2,(H,10,11)(H,12,13). The molecule has 0 aliphatic carbocycles. The van der Waals surface area contributed by atoms with E-state index in [1.165, 1.54) is 0 Å². The molecule has 0 aromatic heterocycles. The normalized spacial score (nSPS) is 13.2. The molecule has 0 rings (SSSR count). The van der Waals surface area contributed by atoms with Gasteiger partial charge in [0.1, 0.15) is 6.29 Å². The van der Waals surface area contributed by atoms with Gasteiger partial charge in [-0.2, -0.15) is 12.0 Å². The maximum absolute atomic E-state index is 11.3. The maximum atomic E-state index is 11.3. The first kappa shape index (κ1) is 17.2. The molecule has 8 nitrogen and oxygen atoms in total. The van der Waals surface area contributed by atoms with Crippen molar-refractivity contribution in [3.63, 3.8) is 0 Å². The van der Waals surface area contributed by atoms with E-state index in [1.54, 1.807) is 0 Å². The van der Waals surface area contributed by atoms with Crippen LogP contribution in [-0.2, 0) is 33.8 Å². The average molecular weight is 304 g/mol. The fourth-order valence-corrected chi connectivity index (χ4v) is 4.12. The summed E-state index contributed by atoms with van der Waals surface area (Å²) in [5.41, 5.74) is 0. The highest BCUT2D eigenvalue weighted by Gasteiger charge is 2.21. The van der Waals surface area contributed by atoms with E-state index in [1.807, 2.05) is 0 Å². The number of carboxylic acids is 1. The van der Waals surface area contributed by atoms with Crippen molar-refractivity contribution in [1.82, 2.24) is 0 Å². The van der Waals surface area contributed by atoms with Crippen molar-refractivity contribution < 1.29 is 35.5 Å². The molecule has 10 heteroatoms. The zero-order valence-corrected chi connectivity index (χ0v) is 11.2. The van der Waals surface area contributed by atoms with E-state index < -0.39 is 38.1 Å². The Morgan fingerprint density at radius 3 is 2.44 bits per heavy atom. The van der Waals surface area contributed by atoms with Crippen LogP contribution in [0.25, 0.3) is 0 Å². The predicted molar refractivity (Wildman–Crippen MR) is 64.1 cm³/mol. The minimum absolute atomic E-state index is 0.0347. The minimum atomic E-state index is -4.30. The predicted octanol–water partition coefficient (Wildman–Crippen LogP) is -0.419. The molecule has 0 bridgehead atoms. The van der Waals surface area contributed by atoms with Gasteiger partial charge in [-0.05, 0) is 12.8 Å². The van der Waals surface area contributed by atoms with E-state index in [9.17, 15) is 26.8 Å². The second-order valence-corrected chi connectivity index (χ2v) is 7.35. The highest BCUT2D eigenvalue weighted by Crippen LogP contribution is 2.11. The molecule has 0 aromatic carbocycles. The summed E-state index contributed by atoms with van der Waals surface area (Å²) >= 11 is 0. The minimum Gasteiger partial charge on any atom is -0.481 e. The van der Waals surface area contributed by atoms with Crippen molar-refractivity contribution in [3.05, 3.63) is 0 Å². The van der Waals surface area contributed by atoms with E-state index in [0.717, 1.165) is 0 Å². The number of carbonyl (C=O) groups is 2. The Hall–Kier alpha value is -0.840.